The van der Waals surface area contributed by atoms with Crippen molar-refractivity contribution in [3.63, 3.8) is 0 Å². The van der Waals surface area contributed by atoms with Crippen LogP contribution in [0.15, 0.2) is 35.4 Å². The van der Waals surface area contributed by atoms with Crippen LogP contribution in [0.1, 0.15) is 29.7 Å². The minimum Gasteiger partial charge on any atom is -0.338 e. The third kappa shape index (κ3) is 3.56. The van der Waals surface area contributed by atoms with Gasteiger partial charge < -0.3 is 10.3 Å². The summed E-state index contributed by atoms with van der Waals surface area (Å²) >= 11 is 11.9. The van der Waals surface area contributed by atoms with E-state index in [2.05, 4.69) is 16.7 Å². The Morgan fingerprint density at radius 2 is 2.21 bits per heavy atom. The maximum atomic E-state index is 6.09. The second-order valence-electron chi connectivity index (χ2n) is 4.09. The Hall–Kier alpha value is -1.36. The summed E-state index contributed by atoms with van der Waals surface area (Å²) in [6.45, 7) is 3.62. The van der Waals surface area contributed by atoms with Crippen LogP contribution in [0.4, 0.5) is 0 Å². The molecule has 1 unspecified atom stereocenters. The molecule has 0 saturated carbocycles. The smallest absolute Gasteiger partial charge is 0.243 e. The predicted molar refractivity (Wildman–Crippen MR) is 75.3 cm³/mol. The minimum atomic E-state index is -0.320. The SMILES string of the molecule is C=CCC(N)c1nc(Cc2ccc(Cl)cc2Cl)no1. The molecule has 100 valence electrons. The highest BCUT2D eigenvalue weighted by Crippen LogP contribution is 2.23. The number of rotatable bonds is 5. The third-order valence-electron chi connectivity index (χ3n) is 2.59. The number of aromatic nitrogens is 2. The molecule has 0 aliphatic heterocycles. The lowest BCUT2D eigenvalue weighted by molar-refractivity contribution is 0.352. The lowest BCUT2D eigenvalue weighted by Crippen LogP contribution is -2.09. The molecule has 1 aromatic heterocycles. The van der Waals surface area contributed by atoms with Crippen LogP contribution >= 0.6 is 23.2 Å². The maximum Gasteiger partial charge on any atom is 0.243 e. The van der Waals surface area contributed by atoms with E-state index in [-0.39, 0.29) is 6.04 Å². The van der Waals surface area contributed by atoms with E-state index in [1.54, 1.807) is 18.2 Å². The van der Waals surface area contributed by atoms with Crippen molar-refractivity contribution in [2.45, 2.75) is 18.9 Å². The number of hydrogen-bond donors (Lipinski definition) is 1. The highest BCUT2D eigenvalue weighted by atomic mass is 35.5. The molecule has 6 heteroatoms. The first-order valence-electron chi connectivity index (χ1n) is 5.73. The van der Waals surface area contributed by atoms with Crippen molar-refractivity contribution in [1.82, 2.24) is 10.1 Å². The number of nitrogens with zero attached hydrogens (tertiary/aromatic N) is 2. The average molecular weight is 298 g/mol. The van der Waals surface area contributed by atoms with Gasteiger partial charge in [-0.25, -0.2) is 0 Å². The monoisotopic (exact) mass is 297 g/mol. The van der Waals surface area contributed by atoms with Gasteiger partial charge in [0.15, 0.2) is 5.82 Å². The molecule has 0 bridgehead atoms. The molecule has 0 aliphatic rings. The molecule has 2 rings (SSSR count). The van der Waals surface area contributed by atoms with E-state index < -0.39 is 0 Å². The molecule has 2 aromatic rings. The average Bonchev–Trinajstić information content (AvgIpc) is 2.82. The first kappa shape index (κ1) is 14.1. The Kier molecular flexibility index (Phi) is 4.58. The molecule has 0 amide bonds. The Bertz CT molecular complexity index is 583. The van der Waals surface area contributed by atoms with Crippen LogP contribution < -0.4 is 5.73 Å². The zero-order valence-electron chi connectivity index (χ0n) is 10.1. The van der Waals surface area contributed by atoms with Crippen LogP contribution in [0.5, 0.6) is 0 Å². The lowest BCUT2D eigenvalue weighted by Gasteiger charge is -2.01. The van der Waals surface area contributed by atoms with Crippen molar-refractivity contribution < 1.29 is 4.52 Å². The van der Waals surface area contributed by atoms with Gasteiger partial charge in [-0.05, 0) is 24.1 Å². The maximum absolute atomic E-state index is 6.09. The van der Waals surface area contributed by atoms with E-state index in [9.17, 15) is 0 Å². The van der Waals surface area contributed by atoms with Crippen molar-refractivity contribution in [3.8, 4) is 0 Å². The van der Waals surface area contributed by atoms with Gasteiger partial charge in [0.05, 0.1) is 6.04 Å². The first-order chi connectivity index (χ1) is 9.10. The summed E-state index contributed by atoms with van der Waals surface area (Å²) in [5, 5.41) is 5.06. The van der Waals surface area contributed by atoms with E-state index in [0.717, 1.165) is 5.56 Å². The molecule has 0 spiro atoms. The van der Waals surface area contributed by atoms with Crippen LogP contribution in [-0.4, -0.2) is 10.1 Å². The van der Waals surface area contributed by atoms with Crippen LogP contribution in [0, 0.1) is 0 Å². The van der Waals surface area contributed by atoms with Crippen LogP contribution in [0.3, 0.4) is 0 Å². The van der Waals surface area contributed by atoms with Gasteiger partial charge in [0.1, 0.15) is 0 Å². The fourth-order valence-corrected chi connectivity index (χ4v) is 2.08. The Balaban J connectivity index is 2.13. The largest absolute Gasteiger partial charge is 0.338 e. The van der Waals surface area contributed by atoms with Crippen LogP contribution in [0.25, 0.3) is 0 Å². The fourth-order valence-electron chi connectivity index (χ4n) is 1.61. The van der Waals surface area contributed by atoms with Crippen molar-refractivity contribution in [3.05, 3.63) is 58.2 Å². The third-order valence-corrected chi connectivity index (χ3v) is 3.17. The van der Waals surface area contributed by atoms with Gasteiger partial charge in [0.25, 0.3) is 0 Å². The molecular weight excluding hydrogens is 285 g/mol. The van der Waals surface area contributed by atoms with E-state index in [1.165, 1.54) is 0 Å². The summed E-state index contributed by atoms with van der Waals surface area (Å²) in [5.74, 6) is 0.943. The number of nitrogens with two attached hydrogens (primary N) is 1. The molecule has 0 saturated heterocycles. The van der Waals surface area contributed by atoms with Crippen molar-refractivity contribution in [2.24, 2.45) is 5.73 Å². The Morgan fingerprint density at radius 1 is 1.42 bits per heavy atom. The number of hydrogen-bond acceptors (Lipinski definition) is 4. The molecule has 19 heavy (non-hydrogen) atoms. The van der Waals surface area contributed by atoms with Crippen LogP contribution in [-0.2, 0) is 6.42 Å². The molecule has 4 nitrogen and oxygen atoms in total. The Labute approximate surface area is 121 Å². The molecular formula is C13H13Cl2N3O. The molecule has 0 aliphatic carbocycles. The summed E-state index contributed by atoms with van der Waals surface area (Å²) < 4.78 is 5.11. The van der Waals surface area contributed by atoms with Crippen LogP contribution in [0.2, 0.25) is 10.0 Å². The standard InChI is InChI=1S/C13H13Cl2N3O/c1-2-3-11(16)13-17-12(18-19-13)6-8-4-5-9(14)7-10(8)15/h2,4-5,7,11H,1,3,6,16H2. The molecule has 0 fully saturated rings. The fraction of sp³-hybridized carbons (Fsp3) is 0.231. The number of benzene rings is 1. The Morgan fingerprint density at radius 3 is 2.89 bits per heavy atom. The van der Waals surface area contributed by atoms with Gasteiger partial charge in [0, 0.05) is 16.5 Å². The highest BCUT2D eigenvalue weighted by molar-refractivity contribution is 6.35. The first-order valence-corrected chi connectivity index (χ1v) is 6.48. The van der Waals surface area contributed by atoms with Gasteiger partial charge in [0.2, 0.25) is 5.89 Å². The normalized spacial score (nSPS) is 12.4. The zero-order valence-corrected chi connectivity index (χ0v) is 11.7. The van der Waals surface area contributed by atoms with Crippen molar-refractivity contribution >= 4 is 23.2 Å². The van der Waals surface area contributed by atoms with E-state index in [1.807, 2.05) is 6.07 Å². The van der Waals surface area contributed by atoms with Gasteiger partial charge in [-0.3, -0.25) is 0 Å². The van der Waals surface area contributed by atoms with Gasteiger partial charge in [-0.1, -0.05) is 40.5 Å². The minimum absolute atomic E-state index is 0.320. The molecule has 0 radical (unpaired) electrons. The van der Waals surface area contributed by atoms with E-state index in [4.69, 9.17) is 33.5 Å². The molecule has 1 heterocycles. The van der Waals surface area contributed by atoms with Gasteiger partial charge in [-0.2, -0.15) is 4.98 Å². The summed E-state index contributed by atoms with van der Waals surface area (Å²) in [6, 6.07) is 4.97. The van der Waals surface area contributed by atoms with E-state index in [0.29, 0.717) is 34.6 Å². The summed E-state index contributed by atoms with van der Waals surface area (Å²) in [7, 11) is 0. The summed E-state index contributed by atoms with van der Waals surface area (Å²) in [6.07, 6.45) is 2.77. The van der Waals surface area contributed by atoms with Crippen molar-refractivity contribution in [2.75, 3.05) is 0 Å². The topological polar surface area (TPSA) is 64.9 Å². The predicted octanol–water partition coefficient (Wildman–Crippen LogP) is 3.54. The highest BCUT2D eigenvalue weighted by Gasteiger charge is 2.14. The van der Waals surface area contributed by atoms with Crippen molar-refractivity contribution in [1.29, 1.82) is 0 Å². The number of halogens is 2. The van der Waals surface area contributed by atoms with Gasteiger partial charge in [-0.15, -0.1) is 6.58 Å². The molecule has 1 aromatic carbocycles. The van der Waals surface area contributed by atoms with Gasteiger partial charge >= 0.3 is 0 Å². The lowest BCUT2D eigenvalue weighted by atomic mass is 10.1. The summed E-state index contributed by atoms with van der Waals surface area (Å²) in [5.41, 5.74) is 6.74. The second kappa shape index (κ2) is 6.19. The second-order valence-corrected chi connectivity index (χ2v) is 4.94. The quantitative estimate of drug-likeness (QED) is 0.857. The zero-order chi connectivity index (χ0) is 13.8. The molecule has 1 atom stereocenters. The molecule has 2 N–H and O–H groups in total. The summed E-state index contributed by atoms with van der Waals surface area (Å²) in [4.78, 5) is 4.25. The van der Waals surface area contributed by atoms with E-state index >= 15 is 0 Å².